The Kier molecular flexibility index (Phi) is 6.49. The lowest BCUT2D eigenvalue weighted by Crippen LogP contribution is -2.25. The minimum atomic E-state index is -3.75. The Balaban J connectivity index is 1.60. The molecule has 212 valence electrons. The molecule has 9 nitrogen and oxygen atoms in total. The second kappa shape index (κ2) is 10.1. The summed E-state index contributed by atoms with van der Waals surface area (Å²) >= 11 is 0. The molecule has 6 rings (SSSR count). The van der Waals surface area contributed by atoms with Crippen LogP contribution in [0.3, 0.4) is 0 Å². The Bertz CT molecular complexity index is 2120. The highest BCUT2D eigenvalue weighted by atomic mass is 32.2. The van der Waals surface area contributed by atoms with Crippen LogP contribution in [0.4, 0.5) is 14.5 Å². The zero-order valence-electron chi connectivity index (χ0n) is 22.5. The van der Waals surface area contributed by atoms with Crippen LogP contribution in [0.2, 0.25) is 0 Å². The maximum absolute atomic E-state index is 14.3. The number of aromatic nitrogens is 2. The number of furan rings is 1. The first kappa shape index (κ1) is 27.1. The first-order valence-electron chi connectivity index (χ1n) is 12.6. The zero-order valence-corrected chi connectivity index (χ0v) is 23.3. The molecule has 1 amide bonds. The number of halogens is 2. The topological polar surface area (TPSA) is 119 Å². The first-order valence-corrected chi connectivity index (χ1v) is 14.4. The molecule has 0 spiro atoms. The standard InChI is InChI=1S/C30H22F2N4O5S/c1-33-29(37)26-20-14-19(22-13-17(11-12-34-22)30-35-27-21(32)5-4-6-24(27)41-30)23(36(2)42(3,38)39)15-25(20)40-28(26)16-7-9-18(31)10-8-16/h4-15H,1-3H3,(H,33,37). The van der Waals surface area contributed by atoms with Crippen LogP contribution in [0, 0.1) is 11.6 Å². The van der Waals surface area contributed by atoms with Gasteiger partial charge in [0.05, 0.1) is 23.2 Å². The summed E-state index contributed by atoms with van der Waals surface area (Å²) in [5, 5.41) is 2.98. The molecule has 0 radical (unpaired) electrons. The lowest BCUT2D eigenvalue weighted by Gasteiger charge is -2.20. The molecule has 6 aromatic rings. The molecule has 0 aliphatic heterocycles. The third kappa shape index (κ3) is 4.65. The van der Waals surface area contributed by atoms with E-state index in [1.165, 1.54) is 62.8 Å². The van der Waals surface area contributed by atoms with Gasteiger partial charge >= 0.3 is 0 Å². The number of carbonyl (C=O) groups is 1. The second-order valence-corrected chi connectivity index (χ2v) is 11.5. The number of hydrogen-bond donors (Lipinski definition) is 1. The number of hydrogen-bond acceptors (Lipinski definition) is 7. The van der Waals surface area contributed by atoms with E-state index >= 15 is 0 Å². The molecule has 0 aliphatic rings. The van der Waals surface area contributed by atoms with Gasteiger partial charge in [0.15, 0.2) is 11.4 Å². The average Bonchev–Trinajstić information content (AvgIpc) is 3.58. The Hall–Kier alpha value is -5.10. The third-order valence-electron chi connectivity index (χ3n) is 6.86. The molecule has 0 bridgehead atoms. The van der Waals surface area contributed by atoms with E-state index in [1.807, 2.05) is 0 Å². The molecule has 3 aromatic heterocycles. The number of para-hydroxylation sites is 1. The van der Waals surface area contributed by atoms with E-state index in [0.29, 0.717) is 27.8 Å². The SMILES string of the molecule is CNC(=O)c1c(-c2ccc(F)cc2)oc2cc(N(C)S(C)(=O)=O)c(-c3cc(-c4nc5c(F)cccc5o4)ccn3)cc12. The molecule has 0 saturated carbocycles. The first-order chi connectivity index (χ1) is 20.0. The molecule has 42 heavy (non-hydrogen) atoms. The number of rotatable bonds is 6. The maximum Gasteiger partial charge on any atom is 0.255 e. The summed E-state index contributed by atoms with van der Waals surface area (Å²) < 4.78 is 66.2. The fraction of sp³-hybridized carbons (Fsp3) is 0.100. The summed E-state index contributed by atoms with van der Waals surface area (Å²) in [6, 6.07) is 16.2. The van der Waals surface area contributed by atoms with E-state index in [-0.39, 0.29) is 39.6 Å². The van der Waals surface area contributed by atoms with Crippen molar-refractivity contribution in [2.24, 2.45) is 0 Å². The molecule has 3 heterocycles. The molecule has 12 heteroatoms. The van der Waals surface area contributed by atoms with Gasteiger partial charge in [-0.3, -0.25) is 14.1 Å². The minimum absolute atomic E-state index is 0.0757. The summed E-state index contributed by atoms with van der Waals surface area (Å²) in [5.41, 5.74) is 2.58. The van der Waals surface area contributed by atoms with E-state index in [1.54, 1.807) is 24.3 Å². The Morgan fingerprint density at radius 3 is 2.40 bits per heavy atom. The number of nitrogens with zero attached hydrogens (tertiary/aromatic N) is 3. The van der Waals surface area contributed by atoms with Crippen LogP contribution in [-0.2, 0) is 10.0 Å². The number of sulfonamides is 1. The van der Waals surface area contributed by atoms with Gasteiger partial charge in [0.2, 0.25) is 15.9 Å². The smallest absolute Gasteiger partial charge is 0.255 e. The molecule has 0 fully saturated rings. The third-order valence-corrected chi connectivity index (χ3v) is 8.05. The van der Waals surface area contributed by atoms with Gasteiger partial charge in [0, 0.05) is 48.4 Å². The molecule has 3 aromatic carbocycles. The number of nitrogens with one attached hydrogen (secondary N) is 1. The van der Waals surface area contributed by atoms with Crippen LogP contribution in [0.5, 0.6) is 0 Å². The molecule has 1 N–H and O–H groups in total. The molecule has 0 aliphatic carbocycles. The molecular formula is C30H22F2N4O5S. The number of oxazole rings is 1. The number of amides is 1. The average molecular weight is 589 g/mol. The predicted octanol–water partition coefficient (Wildman–Crippen LogP) is 6.00. The molecule has 0 unspecified atom stereocenters. The largest absolute Gasteiger partial charge is 0.455 e. The predicted molar refractivity (Wildman–Crippen MR) is 154 cm³/mol. The number of anilines is 1. The second-order valence-electron chi connectivity index (χ2n) is 9.52. The van der Waals surface area contributed by atoms with Gasteiger partial charge < -0.3 is 14.2 Å². The fourth-order valence-electron chi connectivity index (χ4n) is 4.68. The van der Waals surface area contributed by atoms with Crippen LogP contribution in [0.1, 0.15) is 10.4 Å². The molecule has 0 saturated heterocycles. The van der Waals surface area contributed by atoms with Crippen LogP contribution in [-0.4, -0.2) is 44.6 Å². The quantitative estimate of drug-likeness (QED) is 0.253. The number of carbonyl (C=O) groups excluding carboxylic acids is 1. The Labute approximate surface area is 238 Å². The van der Waals surface area contributed by atoms with Crippen molar-refractivity contribution in [3.8, 4) is 34.0 Å². The summed E-state index contributed by atoms with van der Waals surface area (Å²) in [4.78, 5) is 21.9. The summed E-state index contributed by atoms with van der Waals surface area (Å²) in [7, 11) is -0.896. The van der Waals surface area contributed by atoms with Gasteiger partial charge in [-0.1, -0.05) is 6.07 Å². The van der Waals surface area contributed by atoms with Crippen molar-refractivity contribution in [1.29, 1.82) is 0 Å². The van der Waals surface area contributed by atoms with E-state index in [2.05, 4.69) is 15.3 Å². The monoisotopic (exact) mass is 588 g/mol. The minimum Gasteiger partial charge on any atom is -0.455 e. The Morgan fingerprint density at radius 1 is 0.952 bits per heavy atom. The summed E-state index contributed by atoms with van der Waals surface area (Å²) in [6.07, 6.45) is 2.54. The normalized spacial score (nSPS) is 11.7. The highest BCUT2D eigenvalue weighted by Crippen LogP contribution is 2.41. The lowest BCUT2D eigenvalue weighted by molar-refractivity contribution is 0.0964. The van der Waals surface area contributed by atoms with Crippen molar-refractivity contribution in [3.05, 3.63) is 90.1 Å². The zero-order chi connectivity index (χ0) is 29.8. The van der Waals surface area contributed by atoms with E-state index in [4.69, 9.17) is 8.83 Å². The van der Waals surface area contributed by atoms with Crippen molar-refractivity contribution < 1.29 is 30.8 Å². The lowest BCUT2D eigenvalue weighted by atomic mass is 10.00. The van der Waals surface area contributed by atoms with E-state index in [9.17, 15) is 22.0 Å². The van der Waals surface area contributed by atoms with Gasteiger partial charge in [-0.2, -0.15) is 0 Å². The van der Waals surface area contributed by atoms with Gasteiger partial charge in [-0.15, -0.1) is 0 Å². The molecular weight excluding hydrogens is 566 g/mol. The molecule has 0 atom stereocenters. The van der Waals surface area contributed by atoms with Crippen molar-refractivity contribution in [2.75, 3.05) is 24.7 Å². The van der Waals surface area contributed by atoms with Crippen molar-refractivity contribution >= 4 is 43.7 Å². The maximum atomic E-state index is 14.3. The highest BCUT2D eigenvalue weighted by molar-refractivity contribution is 7.92. The van der Waals surface area contributed by atoms with E-state index < -0.39 is 27.6 Å². The Morgan fingerprint density at radius 2 is 1.71 bits per heavy atom. The van der Waals surface area contributed by atoms with Gasteiger partial charge in [-0.05, 0) is 54.6 Å². The number of fused-ring (bicyclic) bond motifs is 2. The summed E-state index contributed by atoms with van der Waals surface area (Å²) in [5.74, 6) is -1.12. The van der Waals surface area contributed by atoms with E-state index in [0.717, 1.165) is 10.6 Å². The van der Waals surface area contributed by atoms with Gasteiger partial charge in [0.25, 0.3) is 5.91 Å². The fourth-order valence-corrected chi connectivity index (χ4v) is 5.19. The van der Waals surface area contributed by atoms with Crippen molar-refractivity contribution in [3.63, 3.8) is 0 Å². The van der Waals surface area contributed by atoms with Gasteiger partial charge in [0.1, 0.15) is 22.7 Å². The number of benzene rings is 3. The van der Waals surface area contributed by atoms with Crippen LogP contribution >= 0.6 is 0 Å². The van der Waals surface area contributed by atoms with Crippen LogP contribution in [0.25, 0.3) is 56.1 Å². The van der Waals surface area contributed by atoms with Crippen LogP contribution < -0.4 is 9.62 Å². The highest BCUT2D eigenvalue weighted by Gasteiger charge is 2.26. The van der Waals surface area contributed by atoms with Crippen molar-refractivity contribution in [1.82, 2.24) is 15.3 Å². The summed E-state index contributed by atoms with van der Waals surface area (Å²) in [6.45, 7) is 0. The van der Waals surface area contributed by atoms with Crippen LogP contribution in [0.15, 0.2) is 81.8 Å². The van der Waals surface area contributed by atoms with Gasteiger partial charge in [-0.25, -0.2) is 22.2 Å². The number of pyridine rings is 1. The van der Waals surface area contributed by atoms with Crippen molar-refractivity contribution in [2.45, 2.75) is 0 Å².